The van der Waals surface area contributed by atoms with E-state index in [9.17, 15) is 9.59 Å². The molecule has 0 saturated heterocycles. The molecule has 0 atom stereocenters. The van der Waals surface area contributed by atoms with Crippen LogP contribution in [0.3, 0.4) is 0 Å². The van der Waals surface area contributed by atoms with Crippen molar-refractivity contribution < 1.29 is 9.59 Å². The van der Waals surface area contributed by atoms with Crippen LogP contribution < -0.4 is 10.6 Å². The molecule has 144 valence electrons. The van der Waals surface area contributed by atoms with Crippen LogP contribution in [-0.2, 0) is 9.59 Å². The minimum Gasteiger partial charge on any atom is -0.326 e. The number of carbonyl (C=O) groups excluding carboxylic acids is 2. The zero-order valence-corrected chi connectivity index (χ0v) is 17.2. The number of nitrogens with one attached hydrogen (secondary N) is 2. The molecule has 1 heterocycles. The first-order chi connectivity index (χ1) is 13.3. The Bertz CT molecular complexity index is 1050. The zero-order valence-electron chi connectivity index (χ0n) is 16.4. The van der Waals surface area contributed by atoms with Crippen LogP contribution in [0.25, 0.3) is 10.9 Å². The Morgan fingerprint density at radius 1 is 0.929 bits per heavy atom. The molecule has 28 heavy (non-hydrogen) atoms. The minimum absolute atomic E-state index is 0.0996. The summed E-state index contributed by atoms with van der Waals surface area (Å²) in [5, 5.41) is 7.56. The fraction of sp³-hybridized carbons (Fsp3) is 0.227. The molecule has 0 saturated carbocycles. The number of rotatable bonds is 5. The fourth-order valence-electron chi connectivity index (χ4n) is 3.07. The summed E-state index contributed by atoms with van der Waals surface area (Å²) in [6, 6.07) is 13.3. The van der Waals surface area contributed by atoms with Crippen molar-refractivity contribution in [2.24, 2.45) is 0 Å². The van der Waals surface area contributed by atoms with Gasteiger partial charge in [0.2, 0.25) is 11.8 Å². The second-order valence-corrected chi connectivity index (χ2v) is 7.85. The van der Waals surface area contributed by atoms with Gasteiger partial charge in [-0.15, -0.1) is 0 Å². The van der Waals surface area contributed by atoms with Gasteiger partial charge in [0.15, 0.2) is 0 Å². The van der Waals surface area contributed by atoms with Gasteiger partial charge in [-0.1, -0.05) is 23.4 Å². The normalized spacial score (nSPS) is 10.7. The smallest absolute Gasteiger partial charge is 0.234 e. The third kappa shape index (κ3) is 4.89. The van der Waals surface area contributed by atoms with Gasteiger partial charge in [-0.25, -0.2) is 4.98 Å². The van der Waals surface area contributed by atoms with Crippen LogP contribution in [0.2, 0.25) is 0 Å². The third-order valence-electron chi connectivity index (χ3n) is 4.27. The molecule has 0 fully saturated rings. The van der Waals surface area contributed by atoms with E-state index in [4.69, 9.17) is 4.98 Å². The predicted octanol–water partition coefficient (Wildman–Crippen LogP) is 4.85. The number of aromatic nitrogens is 1. The molecular formula is C22H23N3O2S. The van der Waals surface area contributed by atoms with Crippen molar-refractivity contribution >= 4 is 45.9 Å². The lowest BCUT2D eigenvalue weighted by Crippen LogP contribution is -2.14. The Hall–Kier alpha value is -2.86. The lowest BCUT2D eigenvalue weighted by molar-refractivity contribution is -0.114. The van der Waals surface area contributed by atoms with E-state index in [-0.39, 0.29) is 17.6 Å². The summed E-state index contributed by atoms with van der Waals surface area (Å²) in [5.41, 5.74) is 5.90. The lowest BCUT2D eigenvalue weighted by Gasteiger charge is -2.10. The summed E-state index contributed by atoms with van der Waals surface area (Å²) in [5.74, 6) is 0.0465. The van der Waals surface area contributed by atoms with E-state index in [1.54, 1.807) is 24.3 Å². The van der Waals surface area contributed by atoms with Gasteiger partial charge in [-0.05, 0) is 68.3 Å². The number of fused-ring (bicyclic) bond motifs is 1. The van der Waals surface area contributed by atoms with Crippen molar-refractivity contribution in [3.05, 3.63) is 59.2 Å². The number of hydrogen-bond acceptors (Lipinski definition) is 4. The molecule has 5 nitrogen and oxygen atoms in total. The van der Waals surface area contributed by atoms with E-state index in [0.717, 1.165) is 27.1 Å². The van der Waals surface area contributed by atoms with Gasteiger partial charge in [-0.3, -0.25) is 9.59 Å². The molecule has 0 aliphatic rings. The number of benzene rings is 2. The van der Waals surface area contributed by atoms with Crippen molar-refractivity contribution in [3.8, 4) is 0 Å². The number of nitrogens with zero attached hydrogens (tertiary/aromatic N) is 1. The van der Waals surface area contributed by atoms with Crippen LogP contribution in [0.15, 0.2) is 47.5 Å². The molecule has 0 bridgehead atoms. The van der Waals surface area contributed by atoms with Gasteiger partial charge in [0.25, 0.3) is 0 Å². The second kappa shape index (κ2) is 8.44. The quantitative estimate of drug-likeness (QED) is 0.608. The van der Waals surface area contributed by atoms with Crippen molar-refractivity contribution in [2.45, 2.75) is 32.7 Å². The maximum absolute atomic E-state index is 12.3. The third-order valence-corrected chi connectivity index (χ3v) is 5.18. The van der Waals surface area contributed by atoms with Gasteiger partial charge in [0, 0.05) is 23.7 Å². The number of aryl methyl sites for hydroxylation is 3. The van der Waals surface area contributed by atoms with Crippen molar-refractivity contribution in [2.75, 3.05) is 16.4 Å². The van der Waals surface area contributed by atoms with Crippen LogP contribution >= 0.6 is 11.8 Å². The van der Waals surface area contributed by atoms with Gasteiger partial charge >= 0.3 is 0 Å². The highest BCUT2D eigenvalue weighted by molar-refractivity contribution is 7.99. The van der Waals surface area contributed by atoms with E-state index in [2.05, 4.69) is 43.5 Å². The Morgan fingerprint density at radius 3 is 2.21 bits per heavy atom. The number of thioether (sulfide) groups is 1. The van der Waals surface area contributed by atoms with Crippen LogP contribution in [-0.4, -0.2) is 22.6 Å². The van der Waals surface area contributed by atoms with E-state index >= 15 is 0 Å². The number of carbonyl (C=O) groups is 2. The van der Waals surface area contributed by atoms with Gasteiger partial charge in [-0.2, -0.15) is 0 Å². The molecule has 0 spiro atoms. The maximum Gasteiger partial charge on any atom is 0.234 e. The molecule has 0 aliphatic carbocycles. The molecule has 3 rings (SSSR count). The lowest BCUT2D eigenvalue weighted by atomic mass is 10.0. The summed E-state index contributed by atoms with van der Waals surface area (Å²) in [7, 11) is 0. The summed E-state index contributed by atoms with van der Waals surface area (Å²) in [6.45, 7) is 7.68. The highest BCUT2D eigenvalue weighted by Crippen LogP contribution is 2.27. The van der Waals surface area contributed by atoms with E-state index in [1.165, 1.54) is 24.2 Å². The summed E-state index contributed by atoms with van der Waals surface area (Å²) in [4.78, 5) is 28.1. The van der Waals surface area contributed by atoms with Crippen LogP contribution in [0.5, 0.6) is 0 Å². The molecule has 1 aromatic heterocycles. The molecule has 3 aromatic rings. The van der Waals surface area contributed by atoms with Crippen LogP contribution in [0.4, 0.5) is 11.4 Å². The standard InChI is InChI=1S/C22H23N3O2S/c1-13-9-15(3)22-19(10-13)14(2)11-21(25-22)28-12-20(27)24-18-7-5-17(6-8-18)23-16(4)26/h5-11H,12H2,1-4H3,(H,23,26)(H,24,27). The Morgan fingerprint density at radius 2 is 1.57 bits per heavy atom. The highest BCUT2D eigenvalue weighted by atomic mass is 32.2. The SMILES string of the molecule is CC(=O)Nc1ccc(NC(=O)CSc2cc(C)c3cc(C)cc(C)c3n2)cc1. The zero-order chi connectivity index (χ0) is 20.3. The average molecular weight is 394 g/mol. The van der Waals surface area contributed by atoms with E-state index < -0.39 is 0 Å². The fourth-order valence-corrected chi connectivity index (χ4v) is 3.83. The number of amides is 2. The predicted molar refractivity (Wildman–Crippen MR) is 116 cm³/mol. The van der Waals surface area contributed by atoms with Crippen molar-refractivity contribution in [1.29, 1.82) is 0 Å². The van der Waals surface area contributed by atoms with Crippen molar-refractivity contribution in [3.63, 3.8) is 0 Å². The second-order valence-electron chi connectivity index (χ2n) is 6.85. The largest absolute Gasteiger partial charge is 0.326 e. The molecule has 2 aromatic carbocycles. The van der Waals surface area contributed by atoms with Gasteiger partial charge < -0.3 is 10.6 Å². The molecule has 2 N–H and O–H groups in total. The first kappa shape index (κ1) is 19.9. The maximum atomic E-state index is 12.3. The number of hydrogen-bond donors (Lipinski definition) is 2. The topological polar surface area (TPSA) is 71.1 Å². The van der Waals surface area contributed by atoms with Crippen LogP contribution in [0, 0.1) is 20.8 Å². The minimum atomic E-state index is -0.128. The monoisotopic (exact) mass is 393 g/mol. The first-order valence-corrected chi connectivity index (χ1v) is 9.99. The molecule has 0 radical (unpaired) electrons. The Balaban J connectivity index is 1.65. The molecule has 0 aliphatic heterocycles. The number of pyridine rings is 1. The summed E-state index contributed by atoms with van der Waals surface area (Å²) < 4.78 is 0. The highest BCUT2D eigenvalue weighted by Gasteiger charge is 2.09. The molecule has 0 unspecified atom stereocenters. The molecule has 6 heteroatoms. The Kier molecular flexibility index (Phi) is 5.99. The summed E-state index contributed by atoms with van der Waals surface area (Å²) >= 11 is 1.42. The Labute approximate surface area is 168 Å². The van der Waals surface area contributed by atoms with Crippen molar-refractivity contribution in [1.82, 2.24) is 4.98 Å². The van der Waals surface area contributed by atoms with Gasteiger partial charge in [0.05, 0.1) is 16.3 Å². The van der Waals surface area contributed by atoms with Gasteiger partial charge in [0.1, 0.15) is 0 Å². The first-order valence-electron chi connectivity index (χ1n) is 9.01. The molecule has 2 amide bonds. The van der Waals surface area contributed by atoms with E-state index in [0.29, 0.717) is 11.4 Å². The van der Waals surface area contributed by atoms with E-state index in [1.807, 2.05) is 6.07 Å². The number of anilines is 2. The van der Waals surface area contributed by atoms with Crippen LogP contribution in [0.1, 0.15) is 23.6 Å². The summed E-state index contributed by atoms with van der Waals surface area (Å²) in [6.07, 6.45) is 0. The molecular weight excluding hydrogens is 370 g/mol. The average Bonchev–Trinajstić information content (AvgIpc) is 2.62.